The number of hydrogen-bond acceptors (Lipinski definition) is 3. The quantitative estimate of drug-likeness (QED) is 0.940. The van der Waals surface area contributed by atoms with Gasteiger partial charge in [-0.2, -0.15) is 0 Å². The Morgan fingerprint density at radius 2 is 2.05 bits per heavy atom. The SMILES string of the molecule is CNc1ccnc(C(=O)N(C)C(C)c2ccccc2F)c1. The molecule has 1 unspecified atom stereocenters. The van der Waals surface area contributed by atoms with E-state index in [0.29, 0.717) is 11.3 Å². The molecule has 0 bridgehead atoms. The van der Waals surface area contributed by atoms with Crippen LogP contribution in [0, 0.1) is 5.82 Å². The van der Waals surface area contributed by atoms with Crippen LogP contribution in [0.1, 0.15) is 29.0 Å². The molecule has 0 radical (unpaired) electrons. The van der Waals surface area contributed by atoms with Crippen LogP contribution in [0.5, 0.6) is 0 Å². The van der Waals surface area contributed by atoms with Gasteiger partial charge in [0, 0.05) is 31.5 Å². The van der Waals surface area contributed by atoms with Crippen LogP contribution < -0.4 is 5.32 Å². The summed E-state index contributed by atoms with van der Waals surface area (Å²) in [5.41, 5.74) is 1.62. The minimum atomic E-state index is -0.376. The molecule has 0 spiro atoms. The van der Waals surface area contributed by atoms with Crippen LogP contribution in [0.3, 0.4) is 0 Å². The van der Waals surface area contributed by atoms with E-state index >= 15 is 0 Å². The van der Waals surface area contributed by atoms with E-state index in [4.69, 9.17) is 0 Å². The Balaban J connectivity index is 2.24. The lowest BCUT2D eigenvalue weighted by molar-refractivity contribution is 0.0734. The standard InChI is InChI=1S/C16H18FN3O/c1-11(13-6-4-5-7-14(13)17)20(3)16(21)15-10-12(18-2)8-9-19-15/h4-11H,1-3H3,(H,18,19). The zero-order valence-corrected chi connectivity index (χ0v) is 12.3. The molecule has 0 fully saturated rings. The van der Waals surface area contributed by atoms with Crippen molar-refractivity contribution in [2.45, 2.75) is 13.0 Å². The second kappa shape index (κ2) is 6.35. The predicted molar refractivity (Wildman–Crippen MR) is 80.7 cm³/mol. The van der Waals surface area contributed by atoms with Gasteiger partial charge in [-0.15, -0.1) is 0 Å². The van der Waals surface area contributed by atoms with Gasteiger partial charge >= 0.3 is 0 Å². The Bertz CT molecular complexity index is 645. The molecular formula is C16H18FN3O. The lowest BCUT2D eigenvalue weighted by Crippen LogP contribution is -2.30. The van der Waals surface area contributed by atoms with Gasteiger partial charge in [0.15, 0.2) is 0 Å². The third-order valence-corrected chi connectivity index (χ3v) is 3.52. The lowest BCUT2D eigenvalue weighted by atomic mass is 10.1. The molecule has 110 valence electrons. The van der Waals surface area contributed by atoms with Gasteiger partial charge in [0.1, 0.15) is 11.5 Å². The molecule has 0 aliphatic carbocycles. The zero-order chi connectivity index (χ0) is 15.4. The minimum Gasteiger partial charge on any atom is -0.388 e. The summed E-state index contributed by atoms with van der Waals surface area (Å²) in [5.74, 6) is -0.565. The number of nitrogens with one attached hydrogen (secondary N) is 1. The lowest BCUT2D eigenvalue weighted by Gasteiger charge is -2.25. The summed E-state index contributed by atoms with van der Waals surface area (Å²) in [4.78, 5) is 18.0. The molecule has 2 aromatic rings. The second-order valence-electron chi connectivity index (χ2n) is 4.79. The number of aromatic nitrogens is 1. The van der Waals surface area contributed by atoms with Crippen molar-refractivity contribution >= 4 is 11.6 Å². The highest BCUT2D eigenvalue weighted by atomic mass is 19.1. The fraction of sp³-hybridized carbons (Fsp3) is 0.250. The third-order valence-electron chi connectivity index (χ3n) is 3.52. The van der Waals surface area contributed by atoms with Gasteiger partial charge in [-0.05, 0) is 25.1 Å². The Hall–Kier alpha value is -2.43. The topological polar surface area (TPSA) is 45.2 Å². The highest BCUT2D eigenvalue weighted by Gasteiger charge is 2.22. The Morgan fingerprint density at radius 1 is 1.33 bits per heavy atom. The Kier molecular flexibility index (Phi) is 4.52. The summed E-state index contributed by atoms with van der Waals surface area (Å²) in [5, 5.41) is 2.96. The molecule has 0 aliphatic rings. The average molecular weight is 287 g/mol. The normalized spacial score (nSPS) is 11.8. The van der Waals surface area contributed by atoms with Crippen LogP contribution >= 0.6 is 0 Å². The fourth-order valence-corrected chi connectivity index (χ4v) is 2.08. The Labute approximate surface area is 123 Å². The molecule has 1 N–H and O–H groups in total. The van der Waals surface area contributed by atoms with Crippen molar-refractivity contribution < 1.29 is 9.18 Å². The van der Waals surface area contributed by atoms with Gasteiger partial charge in [-0.3, -0.25) is 9.78 Å². The van der Waals surface area contributed by atoms with Crippen molar-refractivity contribution in [2.24, 2.45) is 0 Å². The first-order valence-corrected chi connectivity index (χ1v) is 6.70. The van der Waals surface area contributed by atoms with Gasteiger partial charge in [0.05, 0.1) is 6.04 Å². The van der Waals surface area contributed by atoms with E-state index in [-0.39, 0.29) is 17.8 Å². The molecule has 0 aliphatic heterocycles. The summed E-state index contributed by atoms with van der Waals surface area (Å²) in [6.07, 6.45) is 1.57. The monoisotopic (exact) mass is 287 g/mol. The maximum Gasteiger partial charge on any atom is 0.272 e. The molecule has 0 saturated heterocycles. The highest BCUT2D eigenvalue weighted by Crippen LogP contribution is 2.23. The smallest absolute Gasteiger partial charge is 0.272 e. The number of nitrogens with zero attached hydrogens (tertiary/aromatic N) is 2. The van der Waals surface area contributed by atoms with E-state index in [9.17, 15) is 9.18 Å². The maximum absolute atomic E-state index is 13.8. The number of pyridine rings is 1. The minimum absolute atomic E-state index is 0.247. The molecule has 4 nitrogen and oxygen atoms in total. The molecule has 21 heavy (non-hydrogen) atoms. The van der Waals surface area contributed by atoms with Gasteiger partial charge < -0.3 is 10.2 Å². The summed E-state index contributed by atoms with van der Waals surface area (Å²) in [6, 6.07) is 9.53. The van der Waals surface area contributed by atoms with Gasteiger partial charge in [0.25, 0.3) is 5.91 Å². The molecule has 1 aromatic heterocycles. The van der Waals surface area contributed by atoms with Crippen molar-refractivity contribution in [3.8, 4) is 0 Å². The molecule has 1 atom stereocenters. The van der Waals surface area contributed by atoms with Crippen LogP contribution in [0.15, 0.2) is 42.6 Å². The highest BCUT2D eigenvalue weighted by molar-refractivity contribution is 5.93. The van der Waals surface area contributed by atoms with Gasteiger partial charge in [-0.25, -0.2) is 4.39 Å². The number of carbonyl (C=O) groups is 1. The first-order valence-electron chi connectivity index (χ1n) is 6.70. The number of carbonyl (C=O) groups excluding carboxylic acids is 1. The van der Waals surface area contributed by atoms with E-state index in [1.807, 2.05) is 0 Å². The second-order valence-corrected chi connectivity index (χ2v) is 4.79. The van der Waals surface area contributed by atoms with Crippen molar-refractivity contribution in [3.63, 3.8) is 0 Å². The van der Waals surface area contributed by atoms with E-state index < -0.39 is 0 Å². The molecule has 2 rings (SSSR count). The molecule has 1 heterocycles. The molecular weight excluding hydrogens is 269 g/mol. The van der Waals surface area contributed by atoms with Crippen LogP contribution in [0.2, 0.25) is 0 Å². The first-order chi connectivity index (χ1) is 10.0. The Morgan fingerprint density at radius 3 is 2.71 bits per heavy atom. The summed E-state index contributed by atoms with van der Waals surface area (Å²) in [6.45, 7) is 1.79. The van der Waals surface area contributed by atoms with Crippen LogP contribution in [-0.4, -0.2) is 29.9 Å². The largest absolute Gasteiger partial charge is 0.388 e. The zero-order valence-electron chi connectivity index (χ0n) is 12.3. The fourth-order valence-electron chi connectivity index (χ4n) is 2.08. The predicted octanol–water partition coefficient (Wildman–Crippen LogP) is 3.10. The number of halogens is 1. The van der Waals surface area contributed by atoms with Crippen LogP contribution in [0.4, 0.5) is 10.1 Å². The van der Waals surface area contributed by atoms with Crippen molar-refractivity contribution in [2.75, 3.05) is 19.4 Å². The van der Waals surface area contributed by atoms with E-state index in [1.165, 1.54) is 11.0 Å². The maximum atomic E-state index is 13.8. The number of anilines is 1. The number of amides is 1. The van der Waals surface area contributed by atoms with Crippen LogP contribution in [0.25, 0.3) is 0 Å². The first kappa shape index (κ1) is 15.0. The van der Waals surface area contributed by atoms with E-state index in [1.54, 1.807) is 57.5 Å². The summed E-state index contributed by atoms with van der Waals surface area (Å²) in [7, 11) is 3.42. The molecule has 1 amide bonds. The average Bonchev–Trinajstić information content (AvgIpc) is 2.53. The molecule has 5 heteroatoms. The van der Waals surface area contributed by atoms with Crippen molar-refractivity contribution in [1.29, 1.82) is 0 Å². The third kappa shape index (κ3) is 3.18. The summed E-state index contributed by atoms with van der Waals surface area (Å²) < 4.78 is 13.8. The molecule has 1 aromatic carbocycles. The van der Waals surface area contributed by atoms with E-state index in [0.717, 1.165) is 5.69 Å². The van der Waals surface area contributed by atoms with Gasteiger partial charge in [-0.1, -0.05) is 18.2 Å². The number of benzene rings is 1. The van der Waals surface area contributed by atoms with Crippen molar-refractivity contribution in [1.82, 2.24) is 9.88 Å². The van der Waals surface area contributed by atoms with Crippen molar-refractivity contribution in [3.05, 3.63) is 59.7 Å². The van der Waals surface area contributed by atoms with E-state index in [2.05, 4.69) is 10.3 Å². The van der Waals surface area contributed by atoms with Crippen LogP contribution in [-0.2, 0) is 0 Å². The number of rotatable bonds is 4. The van der Waals surface area contributed by atoms with Gasteiger partial charge in [0.2, 0.25) is 0 Å². The number of hydrogen-bond donors (Lipinski definition) is 1. The summed E-state index contributed by atoms with van der Waals surface area (Å²) >= 11 is 0. The molecule has 0 saturated carbocycles.